The Kier molecular flexibility index (Phi) is 11.0. The highest BCUT2D eigenvalue weighted by Gasteiger charge is 2.47. The lowest BCUT2D eigenvalue weighted by molar-refractivity contribution is -0.160. The molecule has 0 aromatic rings. The topological polar surface area (TPSA) is 60.5 Å². The Morgan fingerprint density at radius 3 is 1.42 bits per heavy atom. The molecule has 24 heavy (non-hydrogen) atoms. The zero-order chi connectivity index (χ0) is 17.8. The van der Waals surface area contributed by atoms with E-state index < -0.39 is 12.5 Å². The first kappa shape index (κ1) is 21.2. The van der Waals surface area contributed by atoms with Gasteiger partial charge in [-0.1, -0.05) is 27.7 Å². The number of amides is 2. The van der Waals surface area contributed by atoms with Crippen LogP contribution in [0.4, 0.5) is 4.79 Å². The zero-order valence-electron chi connectivity index (χ0n) is 15.7. The van der Waals surface area contributed by atoms with Gasteiger partial charge < -0.3 is 18.9 Å². The Labute approximate surface area is 146 Å². The van der Waals surface area contributed by atoms with Gasteiger partial charge in [0.05, 0.1) is 0 Å². The quantitative estimate of drug-likeness (QED) is 0.453. The maximum absolute atomic E-state index is 12.8. The lowest BCUT2D eigenvalue weighted by Gasteiger charge is -2.27. The van der Waals surface area contributed by atoms with Crippen molar-refractivity contribution in [3.63, 3.8) is 0 Å². The largest absolute Gasteiger partial charge is 0.361 e. The van der Waals surface area contributed by atoms with E-state index in [9.17, 15) is 4.79 Å². The summed E-state index contributed by atoms with van der Waals surface area (Å²) < 4.78 is 23.0. The first-order valence-electron chi connectivity index (χ1n) is 9.17. The molecule has 2 atom stereocenters. The molecule has 0 aromatic carbocycles. The molecule has 0 N–H and O–H groups in total. The lowest BCUT2D eigenvalue weighted by Crippen LogP contribution is -2.43. The van der Waals surface area contributed by atoms with E-state index in [1.54, 1.807) is 9.80 Å². The molecule has 1 fully saturated rings. The van der Waals surface area contributed by atoms with E-state index >= 15 is 0 Å². The highest BCUT2D eigenvalue weighted by Crippen LogP contribution is 2.25. The average Bonchev–Trinajstić information content (AvgIpc) is 2.83. The van der Waals surface area contributed by atoms with Crippen molar-refractivity contribution in [3.8, 4) is 0 Å². The molecule has 1 rings (SSSR count). The minimum Gasteiger partial charge on any atom is -0.361 e. The van der Waals surface area contributed by atoms with Crippen LogP contribution in [0, 0.1) is 0 Å². The second kappa shape index (κ2) is 12.5. The van der Waals surface area contributed by atoms with Crippen LogP contribution in [0.1, 0.15) is 53.4 Å². The number of hydrogen-bond donors (Lipinski definition) is 0. The van der Waals surface area contributed by atoms with Gasteiger partial charge in [0.25, 0.3) is 0 Å². The third kappa shape index (κ3) is 6.20. The minimum absolute atomic E-state index is 0.163. The van der Waals surface area contributed by atoms with Gasteiger partial charge in [0, 0.05) is 26.4 Å². The molecule has 0 radical (unpaired) electrons. The summed E-state index contributed by atoms with van der Waals surface area (Å²) in [6.45, 7) is 10.9. The number of carbonyl (C=O) groups is 1. The van der Waals surface area contributed by atoms with Crippen molar-refractivity contribution in [1.29, 1.82) is 0 Å². The average molecular weight is 346 g/mol. The van der Waals surface area contributed by atoms with Gasteiger partial charge in [0.15, 0.2) is 12.5 Å². The van der Waals surface area contributed by atoms with Crippen molar-refractivity contribution in [2.24, 2.45) is 0 Å². The molecule has 1 saturated heterocycles. The first-order valence-corrected chi connectivity index (χ1v) is 9.17. The van der Waals surface area contributed by atoms with Gasteiger partial charge in [-0.25, -0.2) is 4.79 Å². The summed E-state index contributed by atoms with van der Waals surface area (Å²) in [6, 6.07) is -0.163. The molecular formula is C17H34N2O5. The molecule has 7 heteroatoms. The molecule has 0 aliphatic carbocycles. The molecule has 0 spiro atoms. The van der Waals surface area contributed by atoms with Crippen LogP contribution >= 0.6 is 0 Å². The molecule has 142 valence electrons. The van der Waals surface area contributed by atoms with Crippen molar-refractivity contribution in [1.82, 2.24) is 9.80 Å². The molecule has 0 saturated carbocycles. The van der Waals surface area contributed by atoms with E-state index in [0.717, 1.165) is 25.7 Å². The predicted molar refractivity (Wildman–Crippen MR) is 91.4 cm³/mol. The van der Waals surface area contributed by atoms with E-state index in [4.69, 9.17) is 18.9 Å². The molecule has 1 aliphatic heterocycles. The summed E-state index contributed by atoms with van der Waals surface area (Å²) in [6.07, 6.45) is 2.63. The summed E-state index contributed by atoms with van der Waals surface area (Å²) >= 11 is 0. The van der Waals surface area contributed by atoms with Crippen molar-refractivity contribution >= 4 is 6.03 Å². The van der Waals surface area contributed by atoms with Crippen LogP contribution in [-0.4, -0.2) is 68.2 Å². The summed E-state index contributed by atoms with van der Waals surface area (Å²) in [5, 5.41) is 0. The van der Waals surface area contributed by atoms with E-state index in [0.29, 0.717) is 26.4 Å². The zero-order valence-corrected chi connectivity index (χ0v) is 15.7. The van der Waals surface area contributed by atoms with Crippen LogP contribution in [0.2, 0.25) is 0 Å². The van der Waals surface area contributed by atoms with Gasteiger partial charge in [0.2, 0.25) is 0 Å². The van der Waals surface area contributed by atoms with E-state index in [-0.39, 0.29) is 19.5 Å². The minimum atomic E-state index is -0.467. The Hall–Kier alpha value is -0.890. The summed E-state index contributed by atoms with van der Waals surface area (Å²) in [7, 11) is 0. The molecule has 7 nitrogen and oxygen atoms in total. The van der Waals surface area contributed by atoms with Gasteiger partial charge in [-0.3, -0.25) is 9.80 Å². The highest BCUT2D eigenvalue weighted by atomic mass is 16.6. The van der Waals surface area contributed by atoms with Gasteiger partial charge in [-0.2, -0.15) is 0 Å². The fourth-order valence-electron chi connectivity index (χ4n) is 2.38. The first-order chi connectivity index (χ1) is 11.7. The third-order valence-electron chi connectivity index (χ3n) is 3.49. The molecule has 1 heterocycles. The van der Waals surface area contributed by atoms with Crippen LogP contribution in [0.3, 0.4) is 0 Å². The summed E-state index contributed by atoms with van der Waals surface area (Å²) in [5.41, 5.74) is 0. The number of hydrogen-bond acceptors (Lipinski definition) is 5. The van der Waals surface area contributed by atoms with Crippen LogP contribution in [0.15, 0.2) is 0 Å². The van der Waals surface area contributed by atoms with E-state index in [2.05, 4.69) is 0 Å². The highest BCUT2D eigenvalue weighted by molar-refractivity contribution is 5.77. The number of nitrogens with zero attached hydrogens (tertiary/aromatic N) is 2. The molecular weight excluding hydrogens is 312 g/mol. The van der Waals surface area contributed by atoms with E-state index in [1.807, 2.05) is 27.7 Å². The lowest BCUT2D eigenvalue weighted by atomic mass is 10.4. The van der Waals surface area contributed by atoms with Crippen molar-refractivity contribution < 1.29 is 23.7 Å². The Morgan fingerprint density at radius 1 is 0.708 bits per heavy atom. The molecule has 0 bridgehead atoms. The van der Waals surface area contributed by atoms with Gasteiger partial charge >= 0.3 is 6.03 Å². The summed E-state index contributed by atoms with van der Waals surface area (Å²) in [5.74, 6) is 0. The number of carbonyl (C=O) groups excluding carboxylic acids is 1. The summed E-state index contributed by atoms with van der Waals surface area (Å²) in [4.78, 5) is 16.0. The number of rotatable bonds is 14. The predicted octanol–water partition coefficient (Wildman–Crippen LogP) is 3.00. The maximum Gasteiger partial charge on any atom is 0.328 e. The number of ether oxygens (including phenoxy) is 4. The van der Waals surface area contributed by atoms with Gasteiger partial charge in [-0.05, 0) is 25.7 Å². The Morgan fingerprint density at radius 2 is 1.08 bits per heavy atom. The van der Waals surface area contributed by atoms with Crippen molar-refractivity contribution in [3.05, 3.63) is 0 Å². The monoisotopic (exact) mass is 346 g/mol. The molecule has 2 amide bonds. The van der Waals surface area contributed by atoms with Crippen LogP contribution in [0.5, 0.6) is 0 Å². The smallest absolute Gasteiger partial charge is 0.328 e. The van der Waals surface area contributed by atoms with E-state index in [1.165, 1.54) is 0 Å². The molecule has 2 unspecified atom stereocenters. The number of urea groups is 1. The van der Waals surface area contributed by atoms with Crippen molar-refractivity contribution in [2.45, 2.75) is 65.8 Å². The van der Waals surface area contributed by atoms with Gasteiger partial charge in [-0.15, -0.1) is 0 Å². The standard InChI is InChI=1S/C17H34N2O5/c1-5-9-21-13-18-15(23-11-7-3)16(24-12-8-4)19(17(18)20)14-22-10-6-2/h15-16H,5-14H2,1-4H3. The fraction of sp³-hybridized carbons (Fsp3) is 0.941. The Bertz CT molecular complexity index is 313. The Balaban J connectivity index is 2.82. The SMILES string of the molecule is CCCOCN1C(=O)N(COCCC)C(OCCC)C1OCCC. The molecule has 1 aliphatic rings. The van der Waals surface area contributed by atoms with Crippen LogP contribution < -0.4 is 0 Å². The van der Waals surface area contributed by atoms with Crippen LogP contribution in [0.25, 0.3) is 0 Å². The van der Waals surface area contributed by atoms with Gasteiger partial charge in [0.1, 0.15) is 13.5 Å². The second-order valence-corrected chi connectivity index (χ2v) is 5.82. The van der Waals surface area contributed by atoms with Crippen LogP contribution in [-0.2, 0) is 18.9 Å². The third-order valence-corrected chi connectivity index (χ3v) is 3.49. The van der Waals surface area contributed by atoms with Crippen molar-refractivity contribution in [2.75, 3.05) is 39.9 Å². The normalized spacial score (nSPS) is 21.1. The second-order valence-electron chi connectivity index (χ2n) is 5.82. The fourth-order valence-corrected chi connectivity index (χ4v) is 2.38. The maximum atomic E-state index is 12.8. The molecule has 0 aromatic heterocycles.